The maximum atomic E-state index is 5.61. The van der Waals surface area contributed by atoms with E-state index in [0.29, 0.717) is 23.0 Å². The topological polar surface area (TPSA) is 48.2 Å². The van der Waals surface area contributed by atoms with Crippen LogP contribution >= 0.6 is 11.8 Å². The number of ether oxygens (including phenoxy) is 1. The summed E-state index contributed by atoms with van der Waals surface area (Å²) in [5.41, 5.74) is 1.16. The van der Waals surface area contributed by atoms with E-state index in [1.165, 1.54) is 0 Å². The highest BCUT2D eigenvalue weighted by atomic mass is 32.2. The zero-order chi connectivity index (χ0) is 13.7. The van der Waals surface area contributed by atoms with Gasteiger partial charge in [-0.1, -0.05) is 37.7 Å². The molecule has 1 heterocycles. The second kappa shape index (κ2) is 6.61. The highest BCUT2D eigenvalue weighted by molar-refractivity contribution is 7.99. The monoisotopic (exact) mass is 278 g/mol. The molecule has 0 radical (unpaired) electrons. The Bertz CT molecular complexity index is 528. The fourth-order valence-electron chi connectivity index (χ4n) is 1.45. The van der Waals surface area contributed by atoms with Gasteiger partial charge in [-0.3, -0.25) is 0 Å². The smallest absolute Gasteiger partial charge is 0.276 e. The van der Waals surface area contributed by atoms with Crippen molar-refractivity contribution >= 4 is 11.8 Å². The average molecular weight is 278 g/mol. The van der Waals surface area contributed by atoms with Crippen molar-refractivity contribution < 1.29 is 9.15 Å². The molecule has 1 aromatic heterocycles. The summed E-state index contributed by atoms with van der Waals surface area (Å²) in [5.74, 6) is 1.32. The normalized spacial score (nSPS) is 12.4. The molecule has 4 nitrogen and oxygen atoms in total. The Hall–Kier alpha value is -1.49. The molecule has 0 bridgehead atoms. The molecule has 5 heteroatoms. The summed E-state index contributed by atoms with van der Waals surface area (Å²) in [5, 5.41) is 9.07. The van der Waals surface area contributed by atoms with Crippen LogP contribution in [-0.2, 0) is 6.61 Å². The molecule has 0 aliphatic heterocycles. The van der Waals surface area contributed by atoms with Crippen LogP contribution in [0.5, 0.6) is 5.75 Å². The van der Waals surface area contributed by atoms with Gasteiger partial charge in [0.2, 0.25) is 0 Å². The molecular weight excluding hydrogens is 260 g/mol. The van der Waals surface area contributed by atoms with Crippen molar-refractivity contribution in [2.45, 2.75) is 44.3 Å². The quantitative estimate of drug-likeness (QED) is 0.751. The highest BCUT2D eigenvalue weighted by Crippen LogP contribution is 2.23. The van der Waals surface area contributed by atoms with E-state index < -0.39 is 0 Å². The Morgan fingerprint density at radius 1 is 1.37 bits per heavy atom. The van der Waals surface area contributed by atoms with E-state index in [9.17, 15) is 0 Å². The summed E-state index contributed by atoms with van der Waals surface area (Å²) in [4.78, 5) is 0. The van der Waals surface area contributed by atoms with Gasteiger partial charge in [-0.2, -0.15) is 0 Å². The van der Waals surface area contributed by atoms with E-state index in [1.807, 2.05) is 31.2 Å². The van der Waals surface area contributed by atoms with E-state index in [0.717, 1.165) is 17.7 Å². The molecule has 1 aromatic carbocycles. The second-order valence-corrected chi connectivity index (χ2v) is 5.79. The molecule has 0 aliphatic rings. The van der Waals surface area contributed by atoms with Gasteiger partial charge in [-0.05, 0) is 31.0 Å². The fraction of sp³-hybridized carbons (Fsp3) is 0.429. The van der Waals surface area contributed by atoms with Crippen molar-refractivity contribution in [3.8, 4) is 5.75 Å². The van der Waals surface area contributed by atoms with Crippen molar-refractivity contribution in [2.24, 2.45) is 0 Å². The first-order valence-corrected chi connectivity index (χ1v) is 7.24. The minimum Gasteiger partial charge on any atom is -0.484 e. The lowest BCUT2D eigenvalue weighted by Crippen LogP contribution is -1.95. The van der Waals surface area contributed by atoms with Crippen molar-refractivity contribution in [3.63, 3.8) is 0 Å². The number of thioether (sulfide) groups is 1. The second-order valence-electron chi connectivity index (χ2n) is 4.40. The van der Waals surface area contributed by atoms with Gasteiger partial charge < -0.3 is 9.15 Å². The molecule has 0 fully saturated rings. The lowest BCUT2D eigenvalue weighted by Gasteiger charge is -2.04. The van der Waals surface area contributed by atoms with Gasteiger partial charge in [0, 0.05) is 5.25 Å². The standard InChI is InChI=1S/C14H18N2O2S/c1-4-11(3)19-14-16-15-13(18-14)9-17-12-7-5-6-10(2)8-12/h5-8,11H,4,9H2,1-3H3. The molecule has 19 heavy (non-hydrogen) atoms. The molecule has 2 rings (SSSR count). The molecule has 1 unspecified atom stereocenters. The molecule has 0 N–H and O–H groups in total. The largest absolute Gasteiger partial charge is 0.484 e. The van der Waals surface area contributed by atoms with Crippen LogP contribution in [0.15, 0.2) is 33.9 Å². The van der Waals surface area contributed by atoms with Gasteiger partial charge in [0.1, 0.15) is 5.75 Å². The molecular formula is C14H18N2O2S. The predicted molar refractivity (Wildman–Crippen MR) is 75.4 cm³/mol. The first kappa shape index (κ1) is 13.9. The number of aryl methyl sites for hydroxylation is 1. The van der Waals surface area contributed by atoms with E-state index in [2.05, 4.69) is 24.0 Å². The van der Waals surface area contributed by atoms with Crippen LogP contribution in [0.1, 0.15) is 31.7 Å². The zero-order valence-electron chi connectivity index (χ0n) is 11.4. The van der Waals surface area contributed by atoms with Crippen LogP contribution in [0.4, 0.5) is 0 Å². The molecule has 0 saturated heterocycles. The maximum absolute atomic E-state index is 5.61. The van der Waals surface area contributed by atoms with Crippen LogP contribution in [0.3, 0.4) is 0 Å². The Balaban J connectivity index is 1.90. The molecule has 2 aromatic rings. The lowest BCUT2D eigenvalue weighted by atomic mass is 10.2. The third-order valence-corrected chi connectivity index (χ3v) is 3.78. The van der Waals surface area contributed by atoms with Gasteiger partial charge in [0.25, 0.3) is 11.1 Å². The number of nitrogens with zero attached hydrogens (tertiary/aromatic N) is 2. The Morgan fingerprint density at radius 3 is 2.95 bits per heavy atom. The summed E-state index contributed by atoms with van der Waals surface area (Å²) in [7, 11) is 0. The summed E-state index contributed by atoms with van der Waals surface area (Å²) in [6.45, 7) is 6.60. The van der Waals surface area contributed by atoms with Crippen LogP contribution < -0.4 is 4.74 Å². The molecule has 102 valence electrons. The molecule has 1 atom stereocenters. The molecule has 0 aliphatic carbocycles. The lowest BCUT2D eigenvalue weighted by molar-refractivity contribution is 0.252. The van der Waals surface area contributed by atoms with E-state index >= 15 is 0 Å². The maximum Gasteiger partial charge on any atom is 0.276 e. The summed E-state index contributed by atoms with van der Waals surface area (Å²) in [6, 6.07) is 7.88. The average Bonchev–Trinajstić information content (AvgIpc) is 2.84. The highest BCUT2D eigenvalue weighted by Gasteiger charge is 2.10. The zero-order valence-corrected chi connectivity index (χ0v) is 12.2. The number of hydrogen-bond acceptors (Lipinski definition) is 5. The van der Waals surface area contributed by atoms with Gasteiger partial charge in [-0.25, -0.2) is 0 Å². The summed E-state index contributed by atoms with van der Waals surface area (Å²) < 4.78 is 11.1. The van der Waals surface area contributed by atoms with Crippen molar-refractivity contribution in [3.05, 3.63) is 35.7 Å². The Labute approximate surface area is 117 Å². The molecule has 0 spiro atoms. The van der Waals surface area contributed by atoms with Gasteiger partial charge in [0.15, 0.2) is 6.61 Å². The number of aromatic nitrogens is 2. The summed E-state index contributed by atoms with van der Waals surface area (Å²) in [6.07, 6.45) is 1.07. The van der Waals surface area contributed by atoms with E-state index in [1.54, 1.807) is 11.8 Å². The first-order valence-electron chi connectivity index (χ1n) is 6.36. The van der Waals surface area contributed by atoms with Crippen molar-refractivity contribution in [2.75, 3.05) is 0 Å². The van der Waals surface area contributed by atoms with Gasteiger partial charge >= 0.3 is 0 Å². The van der Waals surface area contributed by atoms with Crippen molar-refractivity contribution in [1.82, 2.24) is 10.2 Å². The van der Waals surface area contributed by atoms with Gasteiger partial charge in [0.05, 0.1) is 0 Å². The predicted octanol–water partition coefficient (Wildman–Crippen LogP) is 3.85. The molecule has 0 amide bonds. The number of rotatable bonds is 6. The SMILES string of the molecule is CCC(C)Sc1nnc(COc2cccc(C)c2)o1. The minimum atomic E-state index is 0.303. The van der Waals surface area contributed by atoms with Crippen LogP contribution in [0.25, 0.3) is 0 Å². The molecule has 0 saturated carbocycles. The minimum absolute atomic E-state index is 0.303. The summed E-state index contributed by atoms with van der Waals surface area (Å²) >= 11 is 1.59. The van der Waals surface area contributed by atoms with Crippen molar-refractivity contribution in [1.29, 1.82) is 0 Å². The third kappa shape index (κ3) is 4.28. The van der Waals surface area contributed by atoms with E-state index in [-0.39, 0.29) is 0 Å². The fourth-order valence-corrected chi connectivity index (χ4v) is 2.19. The van der Waals surface area contributed by atoms with Crippen LogP contribution in [0.2, 0.25) is 0 Å². The number of benzene rings is 1. The van der Waals surface area contributed by atoms with E-state index in [4.69, 9.17) is 9.15 Å². The first-order chi connectivity index (χ1) is 9.17. The number of hydrogen-bond donors (Lipinski definition) is 0. The van der Waals surface area contributed by atoms with Crippen LogP contribution in [0, 0.1) is 6.92 Å². The Morgan fingerprint density at radius 2 is 2.21 bits per heavy atom. The third-order valence-electron chi connectivity index (χ3n) is 2.68. The Kier molecular flexibility index (Phi) is 4.85. The van der Waals surface area contributed by atoms with Gasteiger partial charge in [-0.15, -0.1) is 10.2 Å². The van der Waals surface area contributed by atoms with Crippen LogP contribution in [-0.4, -0.2) is 15.4 Å².